The molecule has 0 amide bonds. The van der Waals surface area contributed by atoms with Crippen molar-refractivity contribution in [3.8, 4) is 0 Å². The molecule has 0 aromatic rings. The van der Waals surface area contributed by atoms with Crippen molar-refractivity contribution in [2.24, 2.45) is 16.7 Å². The summed E-state index contributed by atoms with van der Waals surface area (Å²) in [7, 11) is 1.51. The van der Waals surface area contributed by atoms with E-state index in [1.165, 1.54) is 13.5 Å². The molecule has 7 nitrogen and oxygen atoms in total. The number of aliphatic hydroxyl groups excluding tert-OH is 1. The third-order valence-corrected chi connectivity index (χ3v) is 9.15. The Kier molecular flexibility index (Phi) is 15.2. The molecule has 3 fully saturated rings. The molecule has 2 saturated heterocycles. The zero-order valence-electron chi connectivity index (χ0n) is 26.2. The van der Waals surface area contributed by atoms with Gasteiger partial charge in [0.25, 0.3) is 0 Å². The van der Waals surface area contributed by atoms with E-state index in [-0.39, 0.29) is 41.9 Å². The predicted molar refractivity (Wildman–Crippen MR) is 161 cm³/mol. The summed E-state index contributed by atoms with van der Waals surface area (Å²) in [6.07, 6.45) is 22.7. The van der Waals surface area contributed by atoms with E-state index in [1.807, 2.05) is 0 Å². The fourth-order valence-corrected chi connectivity index (χ4v) is 6.64. The molecule has 0 spiro atoms. The average Bonchev–Trinajstić information content (AvgIpc) is 3.48. The molecule has 41 heavy (non-hydrogen) atoms. The lowest BCUT2D eigenvalue weighted by molar-refractivity contribution is -0.164. The first-order chi connectivity index (χ1) is 19.9. The van der Waals surface area contributed by atoms with E-state index in [9.17, 15) is 9.90 Å². The van der Waals surface area contributed by atoms with Crippen molar-refractivity contribution in [3.05, 3.63) is 24.0 Å². The van der Waals surface area contributed by atoms with E-state index in [0.29, 0.717) is 6.61 Å². The number of aliphatic hydroxyl groups is 1. The van der Waals surface area contributed by atoms with E-state index >= 15 is 0 Å². The van der Waals surface area contributed by atoms with Crippen molar-refractivity contribution >= 4 is 5.97 Å². The smallest absolute Gasteiger partial charge is 0.309 e. The summed E-state index contributed by atoms with van der Waals surface area (Å²) in [6, 6.07) is 0. The summed E-state index contributed by atoms with van der Waals surface area (Å²) in [5, 5.41) is 9.26. The first-order valence-electron chi connectivity index (χ1n) is 16.5. The monoisotopic (exact) mass is 578 g/mol. The van der Waals surface area contributed by atoms with Crippen molar-refractivity contribution in [3.63, 3.8) is 0 Å². The van der Waals surface area contributed by atoms with Crippen LogP contribution >= 0.6 is 0 Å². The molecular weight excluding hydrogens is 520 g/mol. The van der Waals surface area contributed by atoms with Gasteiger partial charge in [-0.15, -0.1) is 0 Å². The molecule has 1 aliphatic carbocycles. The van der Waals surface area contributed by atoms with Crippen LogP contribution < -0.4 is 0 Å². The third kappa shape index (κ3) is 11.3. The van der Waals surface area contributed by atoms with Crippen LogP contribution in [0.3, 0.4) is 0 Å². The molecule has 1 N–H and O–H groups in total. The second-order valence-corrected chi connectivity index (χ2v) is 13.0. The first kappa shape index (κ1) is 34.1. The van der Waals surface area contributed by atoms with Crippen LogP contribution in [-0.2, 0) is 28.5 Å². The Hall–Kier alpha value is -1.41. The third-order valence-electron chi connectivity index (χ3n) is 9.15. The summed E-state index contributed by atoms with van der Waals surface area (Å²) in [6.45, 7) is 6.97. The zero-order chi connectivity index (χ0) is 29.4. The van der Waals surface area contributed by atoms with Crippen LogP contribution in [0.15, 0.2) is 24.0 Å². The maximum Gasteiger partial charge on any atom is 0.309 e. The van der Waals surface area contributed by atoms with E-state index in [0.717, 1.165) is 122 Å². The molecule has 3 rings (SSSR count). The van der Waals surface area contributed by atoms with Gasteiger partial charge in [0, 0.05) is 25.0 Å². The number of carbonyl (C=O) groups excluding carboxylic acids is 1. The van der Waals surface area contributed by atoms with Crippen LogP contribution in [0.25, 0.3) is 0 Å². The number of hydrogen-bond donors (Lipinski definition) is 1. The first-order valence-corrected chi connectivity index (χ1v) is 16.5. The lowest BCUT2D eigenvalue weighted by atomic mass is 9.69. The Labute approximate surface area is 249 Å². The average molecular weight is 579 g/mol. The zero-order valence-corrected chi connectivity index (χ0v) is 26.2. The maximum atomic E-state index is 13.4. The number of allylic oxidation sites excluding steroid dienone is 3. The second-order valence-electron chi connectivity index (χ2n) is 13.0. The van der Waals surface area contributed by atoms with Crippen molar-refractivity contribution in [1.29, 1.82) is 0 Å². The van der Waals surface area contributed by atoms with Gasteiger partial charge in [0.05, 0.1) is 26.2 Å². The van der Waals surface area contributed by atoms with Crippen LogP contribution in [0.5, 0.6) is 0 Å². The van der Waals surface area contributed by atoms with E-state index in [2.05, 4.69) is 32.1 Å². The van der Waals surface area contributed by atoms with Gasteiger partial charge in [-0.1, -0.05) is 45.3 Å². The fraction of sp³-hybridized carbons (Fsp3) is 0.853. The quantitative estimate of drug-likeness (QED) is 0.0775. The predicted octanol–water partition coefficient (Wildman–Crippen LogP) is 7.61. The van der Waals surface area contributed by atoms with Gasteiger partial charge in [0.15, 0.2) is 12.6 Å². The Bertz CT molecular complexity index is 787. The molecule has 0 radical (unpaired) electrons. The second kappa shape index (κ2) is 18.3. The summed E-state index contributed by atoms with van der Waals surface area (Å²) in [5.41, 5.74) is -0.296. The van der Waals surface area contributed by atoms with Crippen LogP contribution in [-0.4, -0.2) is 57.2 Å². The standard InChI is InChI=1S/C34H58O7/c1-33(2,20-11-12-24-35)23-19-29(41-31-18-8-15-27-40-31)34(21-9-10-22-34)28(32(36)37-3)16-6-4-5-13-25-38-30-17-7-14-26-39-30/h4-5,19,28,30-31,35H,6-18,20-27H2,1-3H3/t28-,30?,31?/m1/s1. The highest BCUT2D eigenvalue weighted by Crippen LogP contribution is 2.53. The molecule has 0 aromatic carbocycles. The Balaban J connectivity index is 1.71. The van der Waals surface area contributed by atoms with Crippen molar-refractivity contribution in [2.75, 3.05) is 33.5 Å². The van der Waals surface area contributed by atoms with Crippen LogP contribution in [0, 0.1) is 16.7 Å². The molecule has 3 aliphatic rings. The molecule has 236 valence electrons. The summed E-state index contributed by atoms with van der Waals surface area (Å²) in [4.78, 5) is 13.4. The molecular formula is C34H58O7. The van der Waals surface area contributed by atoms with Gasteiger partial charge in [0.1, 0.15) is 5.76 Å². The van der Waals surface area contributed by atoms with Crippen molar-refractivity contribution < 1.29 is 33.6 Å². The van der Waals surface area contributed by atoms with Gasteiger partial charge in [-0.05, 0) is 95.0 Å². The normalized spacial score (nSPS) is 24.4. The van der Waals surface area contributed by atoms with Crippen molar-refractivity contribution in [2.45, 2.75) is 136 Å². The van der Waals surface area contributed by atoms with Crippen LogP contribution in [0.4, 0.5) is 0 Å². The highest BCUT2D eigenvalue weighted by atomic mass is 16.7. The SMILES string of the molecule is COC(=O)[C@@H](CCC=CCCOC1CCCCO1)C1(C(=CCC(C)(C)CCCCO)OC2CCCCO2)CCCC1. The highest BCUT2D eigenvalue weighted by Gasteiger charge is 2.49. The summed E-state index contributed by atoms with van der Waals surface area (Å²) in [5.74, 6) is 0.538. The van der Waals surface area contributed by atoms with Crippen LogP contribution in [0.2, 0.25) is 0 Å². The fourth-order valence-electron chi connectivity index (χ4n) is 6.64. The van der Waals surface area contributed by atoms with Gasteiger partial charge in [-0.3, -0.25) is 4.79 Å². The number of carbonyl (C=O) groups is 1. The molecule has 7 heteroatoms. The minimum atomic E-state index is -0.371. The molecule has 3 atom stereocenters. The van der Waals surface area contributed by atoms with Gasteiger partial charge in [-0.2, -0.15) is 0 Å². The number of esters is 1. The minimum absolute atomic E-state index is 0.0545. The van der Waals surface area contributed by atoms with Gasteiger partial charge < -0.3 is 28.8 Å². The number of unbranched alkanes of at least 4 members (excludes halogenated alkanes) is 1. The van der Waals surface area contributed by atoms with Gasteiger partial charge >= 0.3 is 5.97 Å². The lowest BCUT2D eigenvalue weighted by Crippen LogP contribution is -2.39. The Morgan fingerprint density at radius 1 is 0.976 bits per heavy atom. The lowest BCUT2D eigenvalue weighted by Gasteiger charge is -2.40. The van der Waals surface area contributed by atoms with E-state index in [4.69, 9.17) is 23.7 Å². The highest BCUT2D eigenvalue weighted by molar-refractivity contribution is 5.74. The van der Waals surface area contributed by atoms with Gasteiger partial charge in [0.2, 0.25) is 0 Å². The topological polar surface area (TPSA) is 83.5 Å². The van der Waals surface area contributed by atoms with E-state index < -0.39 is 0 Å². The van der Waals surface area contributed by atoms with Crippen LogP contribution in [0.1, 0.15) is 123 Å². The molecule has 0 bridgehead atoms. The number of ether oxygens (including phenoxy) is 5. The molecule has 0 aromatic heterocycles. The Morgan fingerprint density at radius 2 is 1.66 bits per heavy atom. The number of hydrogen-bond acceptors (Lipinski definition) is 7. The van der Waals surface area contributed by atoms with E-state index in [1.54, 1.807) is 0 Å². The minimum Gasteiger partial charge on any atom is -0.469 e. The number of methoxy groups -OCH3 is 1. The largest absolute Gasteiger partial charge is 0.469 e. The molecule has 2 heterocycles. The maximum absolute atomic E-state index is 13.4. The summed E-state index contributed by atoms with van der Waals surface area (Å²) < 4.78 is 29.7. The molecule has 2 unspecified atom stereocenters. The molecule has 2 aliphatic heterocycles. The number of rotatable bonds is 18. The Morgan fingerprint density at radius 3 is 2.29 bits per heavy atom. The summed E-state index contributed by atoms with van der Waals surface area (Å²) >= 11 is 0. The van der Waals surface area contributed by atoms with Gasteiger partial charge in [-0.25, -0.2) is 0 Å². The van der Waals surface area contributed by atoms with Crippen molar-refractivity contribution in [1.82, 2.24) is 0 Å². The molecule has 1 saturated carbocycles.